The van der Waals surface area contributed by atoms with Crippen molar-refractivity contribution in [1.29, 1.82) is 0 Å². The van der Waals surface area contributed by atoms with Crippen LogP contribution < -0.4 is 0 Å². The highest BCUT2D eigenvalue weighted by Crippen LogP contribution is 2.13. The van der Waals surface area contributed by atoms with Crippen molar-refractivity contribution < 1.29 is 9.53 Å². The maximum Gasteiger partial charge on any atom is 0.305 e. The molecule has 0 aliphatic heterocycles. The van der Waals surface area contributed by atoms with Gasteiger partial charge in [0.15, 0.2) is 0 Å². The molecule has 0 bridgehead atoms. The van der Waals surface area contributed by atoms with Gasteiger partial charge < -0.3 is 4.74 Å². The van der Waals surface area contributed by atoms with Crippen molar-refractivity contribution in [3.63, 3.8) is 0 Å². The molecule has 0 aromatic heterocycles. The molecule has 0 aromatic carbocycles. The number of rotatable bonds is 2. The molecule has 1 aliphatic rings. The van der Waals surface area contributed by atoms with Crippen LogP contribution in [-0.4, -0.2) is 12.1 Å². The quantitative estimate of drug-likeness (QED) is 0.430. The van der Waals surface area contributed by atoms with Crippen LogP contribution in [0.15, 0.2) is 12.2 Å². The highest BCUT2D eigenvalue weighted by molar-refractivity contribution is 5.69. The van der Waals surface area contributed by atoms with Gasteiger partial charge in [-0.25, -0.2) is 0 Å². The highest BCUT2D eigenvalue weighted by atomic mass is 16.5. The van der Waals surface area contributed by atoms with E-state index in [1.54, 1.807) is 0 Å². The van der Waals surface area contributed by atoms with Crippen LogP contribution in [0.25, 0.3) is 0 Å². The number of hydrogen-bond acceptors (Lipinski definition) is 2. The van der Waals surface area contributed by atoms with Crippen LogP contribution in [0.4, 0.5) is 0 Å². The molecular weight excluding hydrogens is 128 g/mol. The second kappa shape index (κ2) is 3.40. The summed E-state index contributed by atoms with van der Waals surface area (Å²) in [5.74, 6) is -0.0892. The third kappa shape index (κ3) is 1.87. The number of carbonyl (C=O) groups is 1. The molecule has 0 saturated heterocycles. The predicted octanol–water partition coefficient (Wildman–Crippen LogP) is 1.66. The lowest BCUT2D eigenvalue weighted by Gasteiger charge is -2.09. The summed E-state index contributed by atoms with van der Waals surface area (Å²) in [6, 6.07) is 0. The zero-order valence-electron chi connectivity index (χ0n) is 6.17. The zero-order valence-corrected chi connectivity index (χ0v) is 6.17. The van der Waals surface area contributed by atoms with Crippen molar-refractivity contribution in [2.24, 2.45) is 0 Å². The molecule has 0 aromatic rings. The van der Waals surface area contributed by atoms with Gasteiger partial charge >= 0.3 is 5.97 Å². The molecule has 0 spiro atoms. The first-order valence-electron chi connectivity index (χ1n) is 3.67. The summed E-state index contributed by atoms with van der Waals surface area (Å²) in [6.45, 7) is 1.81. The molecule has 0 fully saturated rings. The van der Waals surface area contributed by atoms with E-state index in [9.17, 15) is 4.79 Å². The fourth-order valence-corrected chi connectivity index (χ4v) is 0.958. The molecule has 2 heteroatoms. The lowest BCUT2D eigenvalue weighted by atomic mass is 10.3. The Morgan fingerprint density at radius 3 is 2.70 bits per heavy atom. The predicted molar refractivity (Wildman–Crippen MR) is 38.5 cm³/mol. The number of ether oxygens (including phenoxy) is 1. The van der Waals surface area contributed by atoms with Gasteiger partial charge in [0.05, 0.1) is 0 Å². The zero-order chi connectivity index (χ0) is 7.40. The second-order valence-electron chi connectivity index (χ2n) is 2.41. The minimum Gasteiger partial charge on any atom is -0.462 e. The average molecular weight is 140 g/mol. The Labute approximate surface area is 60.9 Å². The van der Waals surface area contributed by atoms with E-state index in [0.29, 0.717) is 6.42 Å². The Kier molecular flexibility index (Phi) is 2.49. The topological polar surface area (TPSA) is 26.3 Å². The van der Waals surface area contributed by atoms with Crippen molar-refractivity contribution in [3.8, 4) is 0 Å². The Balaban J connectivity index is 2.19. The summed E-state index contributed by atoms with van der Waals surface area (Å²) in [5.41, 5.74) is 0. The monoisotopic (exact) mass is 140 g/mol. The summed E-state index contributed by atoms with van der Waals surface area (Å²) >= 11 is 0. The molecular formula is C8H12O2. The number of hydrogen-bond donors (Lipinski definition) is 0. The molecule has 10 heavy (non-hydrogen) atoms. The first kappa shape index (κ1) is 7.32. The standard InChI is InChI=1S/C8H12O2/c1-2-8(9)10-7-5-3-4-6-7/h3-4,7H,2,5-6H2,1H3. The molecule has 1 aliphatic carbocycles. The molecule has 2 nitrogen and oxygen atoms in total. The van der Waals surface area contributed by atoms with Crippen LogP contribution in [0.3, 0.4) is 0 Å². The largest absolute Gasteiger partial charge is 0.462 e. The lowest BCUT2D eigenvalue weighted by molar-refractivity contribution is -0.148. The van der Waals surface area contributed by atoms with E-state index in [1.165, 1.54) is 0 Å². The molecule has 0 N–H and O–H groups in total. The fraction of sp³-hybridized carbons (Fsp3) is 0.625. The maximum atomic E-state index is 10.7. The summed E-state index contributed by atoms with van der Waals surface area (Å²) in [7, 11) is 0. The fourth-order valence-electron chi connectivity index (χ4n) is 0.958. The molecule has 56 valence electrons. The van der Waals surface area contributed by atoms with E-state index < -0.39 is 0 Å². The van der Waals surface area contributed by atoms with Crippen LogP contribution in [0, 0.1) is 0 Å². The summed E-state index contributed by atoms with van der Waals surface area (Å²) in [5, 5.41) is 0. The van der Waals surface area contributed by atoms with Gasteiger partial charge in [0.1, 0.15) is 6.10 Å². The van der Waals surface area contributed by atoms with E-state index in [-0.39, 0.29) is 12.1 Å². The smallest absolute Gasteiger partial charge is 0.305 e. The summed E-state index contributed by atoms with van der Waals surface area (Å²) < 4.78 is 5.06. The SMILES string of the molecule is CCC(=O)OC1CC=CC1. The van der Waals surface area contributed by atoms with Gasteiger partial charge in [-0.05, 0) is 0 Å². The first-order valence-corrected chi connectivity index (χ1v) is 3.67. The van der Waals surface area contributed by atoms with Crippen molar-refractivity contribution >= 4 is 5.97 Å². The Bertz CT molecular complexity index is 141. The van der Waals surface area contributed by atoms with Gasteiger partial charge in [-0.2, -0.15) is 0 Å². The minimum atomic E-state index is -0.0892. The molecule has 0 heterocycles. The van der Waals surface area contributed by atoms with Crippen LogP contribution in [0.1, 0.15) is 26.2 Å². The number of esters is 1. The van der Waals surface area contributed by atoms with E-state index in [0.717, 1.165) is 12.8 Å². The van der Waals surface area contributed by atoms with Crippen LogP contribution in [0.2, 0.25) is 0 Å². The Morgan fingerprint density at radius 2 is 2.20 bits per heavy atom. The lowest BCUT2D eigenvalue weighted by Crippen LogP contribution is -2.13. The van der Waals surface area contributed by atoms with E-state index >= 15 is 0 Å². The molecule has 0 saturated carbocycles. The summed E-state index contributed by atoms with van der Waals surface area (Å²) in [4.78, 5) is 10.7. The van der Waals surface area contributed by atoms with Crippen LogP contribution >= 0.6 is 0 Å². The van der Waals surface area contributed by atoms with Gasteiger partial charge in [-0.3, -0.25) is 4.79 Å². The number of carbonyl (C=O) groups excluding carboxylic acids is 1. The maximum absolute atomic E-state index is 10.7. The van der Waals surface area contributed by atoms with Gasteiger partial charge in [0, 0.05) is 19.3 Å². The molecule has 1 rings (SSSR count). The van der Waals surface area contributed by atoms with E-state index in [2.05, 4.69) is 0 Å². The normalized spacial score (nSPS) is 17.7. The highest BCUT2D eigenvalue weighted by Gasteiger charge is 2.13. The molecule has 0 unspecified atom stereocenters. The van der Waals surface area contributed by atoms with Crippen molar-refractivity contribution in [2.45, 2.75) is 32.3 Å². The van der Waals surface area contributed by atoms with Crippen LogP contribution in [-0.2, 0) is 9.53 Å². The van der Waals surface area contributed by atoms with E-state index in [4.69, 9.17) is 4.74 Å². The molecule has 0 amide bonds. The van der Waals surface area contributed by atoms with Gasteiger partial charge in [0.25, 0.3) is 0 Å². The first-order chi connectivity index (χ1) is 4.83. The third-order valence-corrected chi connectivity index (χ3v) is 1.55. The molecule has 0 radical (unpaired) electrons. The van der Waals surface area contributed by atoms with Crippen molar-refractivity contribution in [2.75, 3.05) is 0 Å². The minimum absolute atomic E-state index is 0.0892. The van der Waals surface area contributed by atoms with Gasteiger partial charge in [0.2, 0.25) is 0 Å². The van der Waals surface area contributed by atoms with Gasteiger partial charge in [-0.15, -0.1) is 0 Å². The van der Waals surface area contributed by atoms with Crippen molar-refractivity contribution in [3.05, 3.63) is 12.2 Å². The third-order valence-electron chi connectivity index (χ3n) is 1.55. The second-order valence-corrected chi connectivity index (χ2v) is 2.41. The van der Waals surface area contributed by atoms with Crippen molar-refractivity contribution in [1.82, 2.24) is 0 Å². The van der Waals surface area contributed by atoms with Crippen LogP contribution in [0.5, 0.6) is 0 Å². The van der Waals surface area contributed by atoms with Gasteiger partial charge in [-0.1, -0.05) is 19.1 Å². The molecule has 0 atom stereocenters. The van der Waals surface area contributed by atoms with E-state index in [1.807, 2.05) is 19.1 Å². The Morgan fingerprint density at radius 1 is 1.60 bits per heavy atom. The summed E-state index contributed by atoms with van der Waals surface area (Å²) in [6.07, 6.45) is 6.50. The average Bonchev–Trinajstić information content (AvgIpc) is 2.40. The Hall–Kier alpha value is -0.790.